The minimum absolute atomic E-state index is 0.0662. The van der Waals surface area contributed by atoms with E-state index in [9.17, 15) is 9.59 Å². The second-order valence-electron chi connectivity index (χ2n) is 7.83. The number of benzene rings is 2. The highest BCUT2D eigenvalue weighted by Gasteiger charge is 2.28. The van der Waals surface area contributed by atoms with Crippen LogP contribution in [0.4, 0.5) is 0 Å². The summed E-state index contributed by atoms with van der Waals surface area (Å²) in [7, 11) is 0. The van der Waals surface area contributed by atoms with E-state index in [0.717, 1.165) is 36.1 Å². The highest BCUT2D eigenvalue weighted by molar-refractivity contribution is 7.99. The quantitative estimate of drug-likeness (QED) is 0.452. The highest BCUT2D eigenvalue weighted by Crippen LogP contribution is 2.25. The molecule has 0 unspecified atom stereocenters. The molecule has 2 amide bonds. The fourth-order valence-electron chi connectivity index (χ4n) is 3.72. The first kappa shape index (κ1) is 24.0. The van der Waals surface area contributed by atoms with E-state index in [1.54, 1.807) is 35.7 Å². The Hall–Kier alpha value is -1.69. The first-order chi connectivity index (χ1) is 14.9. The Morgan fingerprint density at radius 3 is 2.52 bits per heavy atom. The number of amides is 2. The Labute approximate surface area is 198 Å². The molecule has 2 aromatic rings. The van der Waals surface area contributed by atoms with Crippen LogP contribution >= 0.6 is 35.0 Å². The summed E-state index contributed by atoms with van der Waals surface area (Å²) in [5.41, 5.74) is 0.774. The van der Waals surface area contributed by atoms with Crippen LogP contribution < -0.4 is 5.32 Å². The Kier molecular flexibility index (Phi) is 9.12. The van der Waals surface area contributed by atoms with Gasteiger partial charge in [0.2, 0.25) is 11.8 Å². The molecule has 0 aromatic heterocycles. The molecule has 0 aliphatic heterocycles. The second-order valence-corrected chi connectivity index (χ2v) is 9.85. The predicted octanol–water partition coefficient (Wildman–Crippen LogP) is 5.95. The van der Waals surface area contributed by atoms with Gasteiger partial charge in [-0.3, -0.25) is 9.59 Å². The maximum atomic E-state index is 13.2. The third kappa shape index (κ3) is 7.16. The molecule has 0 bridgehead atoms. The van der Waals surface area contributed by atoms with Crippen molar-refractivity contribution < 1.29 is 9.59 Å². The highest BCUT2D eigenvalue weighted by atomic mass is 35.5. The van der Waals surface area contributed by atoms with Gasteiger partial charge >= 0.3 is 0 Å². The molecule has 1 saturated carbocycles. The number of nitrogens with zero attached hydrogens (tertiary/aromatic N) is 1. The van der Waals surface area contributed by atoms with Crippen molar-refractivity contribution >= 4 is 46.8 Å². The van der Waals surface area contributed by atoms with Crippen molar-refractivity contribution in [3.05, 3.63) is 64.1 Å². The summed E-state index contributed by atoms with van der Waals surface area (Å²) in [5, 5.41) is 4.15. The van der Waals surface area contributed by atoms with Gasteiger partial charge in [0, 0.05) is 39.7 Å². The van der Waals surface area contributed by atoms with Crippen LogP contribution in [0.3, 0.4) is 0 Å². The van der Waals surface area contributed by atoms with Crippen LogP contribution in [0.5, 0.6) is 0 Å². The third-order valence-corrected chi connectivity index (χ3v) is 7.15. The maximum Gasteiger partial charge on any atom is 0.242 e. The van der Waals surface area contributed by atoms with Crippen molar-refractivity contribution in [3.8, 4) is 0 Å². The zero-order valence-electron chi connectivity index (χ0n) is 17.7. The van der Waals surface area contributed by atoms with Gasteiger partial charge in [-0.1, -0.05) is 60.3 Å². The zero-order valence-corrected chi connectivity index (χ0v) is 20.0. The number of nitrogens with one attached hydrogen (secondary N) is 1. The first-order valence-electron chi connectivity index (χ1n) is 10.7. The first-order valence-corrected chi connectivity index (χ1v) is 12.4. The lowest BCUT2D eigenvalue weighted by Crippen LogP contribution is -2.49. The van der Waals surface area contributed by atoms with Crippen LogP contribution in [0.15, 0.2) is 53.4 Å². The van der Waals surface area contributed by atoms with Crippen LogP contribution in [0.2, 0.25) is 10.0 Å². The van der Waals surface area contributed by atoms with E-state index in [2.05, 4.69) is 5.32 Å². The van der Waals surface area contributed by atoms with Crippen LogP contribution in [0.25, 0.3) is 0 Å². The van der Waals surface area contributed by atoms with Gasteiger partial charge < -0.3 is 10.2 Å². The fourth-order valence-corrected chi connectivity index (χ4v) is 5.05. The standard InChI is InChI=1S/C24H28Cl2N2O2S/c1-17(24(30)27-20-7-5-6-8-20)28(16-18-11-12-19(25)15-22(18)26)23(29)13-14-31-21-9-3-2-4-10-21/h2-4,9-12,15,17,20H,5-8,13-14,16H2,1H3,(H,27,30)/t17-/m0/s1. The smallest absolute Gasteiger partial charge is 0.242 e. The minimum atomic E-state index is -0.582. The van der Waals surface area contributed by atoms with Crippen molar-refractivity contribution in [2.75, 3.05) is 5.75 Å². The molecule has 2 aromatic carbocycles. The number of hydrogen-bond acceptors (Lipinski definition) is 3. The molecular formula is C24H28Cl2N2O2S. The third-order valence-electron chi connectivity index (χ3n) is 5.55. The molecule has 166 valence electrons. The lowest BCUT2D eigenvalue weighted by atomic mass is 10.1. The molecule has 0 saturated heterocycles. The lowest BCUT2D eigenvalue weighted by Gasteiger charge is -2.30. The van der Waals surface area contributed by atoms with E-state index < -0.39 is 6.04 Å². The Bertz CT molecular complexity index is 888. The number of carbonyl (C=O) groups is 2. The summed E-state index contributed by atoms with van der Waals surface area (Å²) in [6, 6.07) is 14.8. The Morgan fingerprint density at radius 1 is 1.13 bits per heavy atom. The molecular weight excluding hydrogens is 451 g/mol. The number of hydrogen-bond donors (Lipinski definition) is 1. The van der Waals surface area contributed by atoms with E-state index in [-0.39, 0.29) is 24.4 Å². The van der Waals surface area contributed by atoms with E-state index in [1.807, 2.05) is 36.4 Å². The van der Waals surface area contributed by atoms with Crippen LogP contribution in [-0.4, -0.2) is 34.6 Å². The van der Waals surface area contributed by atoms with Gasteiger partial charge in [-0.05, 0) is 49.6 Å². The van der Waals surface area contributed by atoms with E-state index in [0.29, 0.717) is 22.2 Å². The van der Waals surface area contributed by atoms with E-state index in [1.165, 1.54) is 0 Å². The van der Waals surface area contributed by atoms with Crippen molar-refractivity contribution in [3.63, 3.8) is 0 Å². The molecule has 7 heteroatoms. The zero-order chi connectivity index (χ0) is 22.2. The van der Waals surface area contributed by atoms with Crippen molar-refractivity contribution in [1.82, 2.24) is 10.2 Å². The summed E-state index contributed by atoms with van der Waals surface area (Å²) in [4.78, 5) is 28.8. The largest absolute Gasteiger partial charge is 0.352 e. The average Bonchev–Trinajstić information content (AvgIpc) is 3.26. The number of thioether (sulfide) groups is 1. The van der Waals surface area contributed by atoms with Crippen LogP contribution in [-0.2, 0) is 16.1 Å². The molecule has 1 aliphatic carbocycles. The van der Waals surface area contributed by atoms with E-state index >= 15 is 0 Å². The van der Waals surface area contributed by atoms with Gasteiger partial charge in [-0.2, -0.15) is 0 Å². The molecule has 1 N–H and O–H groups in total. The fraction of sp³-hybridized carbons (Fsp3) is 0.417. The summed E-state index contributed by atoms with van der Waals surface area (Å²) in [5.74, 6) is 0.467. The molecule has 4 nitrogen and oxygen atoms in total. The van der Waals surface area contributed by atoms with Crippen molar-refractivity contribution in [1.29, 1.82) is 0 Å². The van der Waals surface area contributed by atoms with Crippen LogP contribution in [0, 0.1) is 0 Å². The topological polar surface area (TPSA) is 49.4 Å². The molecule has 1 fully saturated rings. The SMILES string of the molecule is C[C@@H](C(=O)NC1CCCC1)N(Cc1ccc(Cl)cc1Cl)C(=O)CCSc1ccccc1. The van der Waals surface area contributed by atoms with Gasteiger partial charge in [0.25, 0.3) is 0 Å². The van der Waals surface area contributed by atoms with Gasteiger partial charge in [-0.25, -0.2) is 0 Å². The molecule has 3 rings (SSSR count). The van der Waals surface area contributed by atoms with Gasteiger partial charge in [0.1, 0.15) is 6.04 Å². The van der Waals surface area contributed by atoms with E-state index in [4.69, 9.17) is 23.2 Å². The molecule has 0 radical (unpaired) electrons. The summed E-state index contributed by atoms with van der Waals surface area (Å²) >= 11 is 14.0. The van der Waals surface area contributed by atoms with Gasteiger partial charge in [0.15, 0.2) is 0 Å². The molecule has 1 atom stereocenters. The maximum absolute atomic E-state index is 13.2. The molecule has 0 spiro atoms. The summed E-state index contributed by atoms with van der Waals surface area (Å²) < 4.78 is 0. The second kappa shape index (κ2) is 11.8. The lowest BCUT2D eigenvalue weighted by molar-refractivity contribution is -0.140. The van der Waals surface area contributed by atoms with Crippen molar-refractivity contribution in [2.24, 2.45) is 0 Å². The number of halogens is 2. The number of rotatable bonds is 9. The molecule has 1 aliphatic rings. The van der Waals surface area contributed by atoms with Crippen LogP contribution in [0.1, 0.15) is 44.6 Å². The monoisotopic (exact) mass is 478 g/mol. The normalized spacial score (nSPS) is 14.9. The van der Waals surface area contributed by atoms with Gasteiger partial charge in [-0.15, -0.1) is 11.8 Å². The molecule has 31 heavy (non-hydrogen) atoms. The summed E-state index contributed by atoms with van der Waals surface area (Å²) in [6.07, 6.45) is 4.62. The average molecular weight is 479 g/mol. The minimum Gasteiger partial charge on any atom is -0.352 e. The summed E-state index contributed by atoms with van der Waals surface area (Å²) in [6.45, 7) is 2.06. The Balaban J connectivity index is 1.68. The number of carbonyl (C=O) groups excluding carboxylic acids is 2. The molecule has 0 heterocycles. The van der Waals surface area contributed by atoms with Gasteiger partial charge in [0.05, 0.1) is 0 Å². The van der Waals surface area contributed by atoms with Crippen molar-refractivity contribution in [2.45, 2.75) is 62.6 Å². The Morgan fingerprint density at radius 2 is 1.84 bits per heavy atom. The predicted molar refractivity (Wildman–Crippen MR) is 129 cm³/mol.